The Kier molecular flexibility index (Phi) is 7.10. The fraction of sp³-hybridized carbons (Fsp3) is 0.417. The van der Waals surface area contributed by atoms with Crippen molar-refractivity contribution in [1.82, 2.24) is 9.88 Å². The van der Waals surface area contributed by atoms with E-state index in [2.05, 4.69) is 44.7 Å². The van der Waals surface area contributed by atoms with E-state index in [4.69, 9.17) is 4.98 Å². The van der Waals surface area contributed by atoms with Crippen LogP contribution in [0.1, 0.15) is 35.3 Å². The highest BCUT2D eigenvalue weighted by Gasteiger charge is 2.22. The van der Waals surface area contributed by atoms with Gasteiger partial charge < -0.3 is 9.80 Å². The Labute approximate surface area is 183 Å². The van der Waals surface area contributed by atoms with Crippen molar-refractivity contribution in [3.8, 4) is 0 Å². The molecule has 0 aliphatic carbocycles. The predicted octanol–water partition coefficient (Wildman–Crippen LogP) is 4.97. The number of benzene rings is 2. The number of rotatable bonds is 8. The predicted molar refractivity (Wildman–Crippen MR) is 129 cm³/mol. The Bertz CT molecular complexity index is 967. The molecule has 1 heterocycles. The molecule has 0 radical (unpaired) electrons. The minimum atomic E-state index is -0.0000350. The van der Waals surface area contributed by atoms with E-state index in [9.17, 15) is 4.79 Å². The molecule has 0 aliphatic rings. The lowest BCUT2D eigenvalue weighted by molar-refractivity contribution is 0.0984. The highest BCUT2D eigenvalue weighted by molar-refractivity contribution is 7.22. The van der Waals surface area contributed by atoms with Crippen molar-refractivity contribution < 1.29 is 4.79 Å². The maximum absolute atomic E-state index is 13.5. The Hall–Kier alpha value is -2.44. The van der Waals surface area contributed by atoms with Crippen LogP contribution in [0, 0.1) is 13.8 Å². The Morgan fingerprint density at radius 3 is 2.20 bits per heavy atom. The van der Waals surface area contributed by atoms with Gasteiger partial charge in [-0.05, 0) is 74.5 Å². The molecular formula is C24H32N4OS. The van der Waals surface area contributed by atoms with E-state index in [1.165, 1.54) is 11.1 Å². The summed E-state index contributed by atoms with van der Waals surface area (Å²) in [7, 11) is 4.00. The Morgan fingerprint density at radius 1 is 0.967 bits per heavy atom. The van der Waals surface area contributed by atoms with Gasteiger partial charge in [-0.2, -0.15) is 0 Å². The van der Waals surface area contributed by atoms with Crippen LogP contribution in [0.2, 0.25) is 0 Å². The largest absolute Gasteiger partial charge is 0.378 e. The Morgan fingerprint density at radius 2 is 1.60 bits per heavy atom. The number of nitrogens with zero attached hydrogens (tertiary/aromatic N) is 4. The van der Waals surface area contributed by atoms with E-state index in [1.54, 1.807) is 11.3 Å². The second-order valence-electron chi connectivity index (χ2n) is 7.83. The summed E-state index contributed by atoms with van der Waals surface area (Å²) in [5, 5.41) is 0.767. The van der Waals surface area contributed by atoms with Gasteiger partial charge in [-0.3, -0.25) is 9.69 Å². The highest BCUT2D eigenvalue weighted by atomic mass is 32.1. The topological polar surface area (TPSA) is 39.7 Å². The average molecular weight is 425 g/mol. The van der Waals surface area contributed by atoms with Gasteiger partial charge in [-0.1, -0.05) is 25.2 Å². The average Bonchev–Trinajstić information content (AvgIpc) is 3.13. The molecule has 5 nitrogen and oxygen atoms in total. The van der Waals surface area contributed by atoms with Crippen molar-refractivity contribution in [3.63, 3.8) is 0 Å². The SMILES string of the molecule is CCN(CC)CCN(C(=O)c1ccc(N(C)C)cc1)c1nc2cc(C)c(C)cc2s1. The van der Waals surface area contributed by atoms with Crippen LogP contribution < -0.4 is 9.80 Å². The number of anilines is 2. The zero-order valence-electron chi connectivity index (χ0n) is 18.9. The number of aromatic nitrogens is 1. The second kappa shape index (κ2) is 9.58. The number of hydrogen-bond donors (Lipinski definition) is 0. The van der Waals surface area contributed by atoms with Crippen molar-refractivity contribution in [1.29, 1.82) is 0 Å². The van der Waals surface area contributed by atoms with Crippen molar-refractivity contribution in [3.05, 3.63) is 53.1 Å². The van der Waals surface area contributed by atoms with Crippen LogP contribution in [0.25, 0.3) is 10.2 Å². The molecule has 160 valence electrons. The summed E-state index contributed by atoms with van der Waals surface area (Å²) in [5.74, 6) is -0.0000350. The summed E-state index contributed by atoms with van der Waals surface area (Å²) in [6.07, 6.45) is 0. The minimum Gasteiger partial charge on any atom is -0.378 e. The summed E-state index contributed by atoms with van der Waals surface area (Å²) in [6.45, 7) is 11.9. The third-order valence-electron chi connectivity index (χ3n) is 5.63. The van der Waals surface area contributed by atoms with E-state index >= 15 is 0 Å². The molecule has 0 aliphatic heterocycles. The van der Waals surface area contributed by atoms with Gasteiger partial charge in [0.05, 0.1) is 10.2 Å². The van der Waals surface area contributed by atoms with Crippen molar-refractivity contribution in [2.75, 3.05) is 50.1 Å². The van der Waals surface area contributed by atoms with Crippen molar-refractivity contribution in [2.45, 2.75) is 27.7 Å². The molecule has 0 spiro atoms. The minimum absolute atomic E-state index is 0.0000350. The van der Waals surface area contributed by atoms with E-state index < -0.39 is 0 Å². The van der Waals surface area contributed by atoms with Gasteiger partial charge in [-0.25, -0.2) is 4.98 Å². The molecule has 3 rings (SSSR count). The lowest BCUT2D eigenvalue weighted by atomic mass is 10.1. The molecule has 0 fully saturated rings. The van der Waals surface area contributed by atoms with Crippen LogP contribution in [0.5, 0.6) is 0 Å². The summed E-state index contributed by atoms with van der Waals surface area (Å²) >= 11 is 1.59. The first-order valence-electron chi connectivity index (χ1n) is 10.5. The van der Waals surface area contributed by atoms with Crippen LogP contribution in [0.15, 0.2) is 36.4 Å². The number of aryl methyl sites for hydroxylation is 2. The molecule has 3 aromatic rings. The lowest BCUT2D eigenvalue weighted by Gasteiger charge is -2.25. The van der Waals surface area contributed by atoms with E-state index in [1.807, 2.05) is 48.2 Å². The van der Waals surface area contributed by atoms with Gasteiger partial charge in [0.1, 0.15) is 0 Å². The third-order valence-corrected chi connectivity index (χ3v) is 6.67. The van der Waals surface area contributed by atoms with E-state index in [-0.39, 0.29) is 5.91 Å². The monoisotopic (exact) mass is 424 g/mol. The molecule has 6 heteroatoms. The fourth-order valence-corrected chi connectivity index (χ4v) is 4.48. The molecule has 30 heavy (non-hydrogen) atoms. The standard InChI is InChI=1S/C24H32N4OS/c1-7-27(8-2)13-14-28(23(29)19-9-11-20(12-10-19)26(5)6)24-25-21-15-17(3)18(4)16-22(21)30-24/h9-12,15-16H,7-8,13-14H2,1-6H3. The van der Waals surface area contributed by atoms with E-state index in [0.717, 1.165) is 40.7 Å². The molecule has 0 unspecified atom stereocenters. The zero-order chi connectivity index (χ0) is 21.8. The fourth-order valence-electron chi connectivity index (χ4n) is 3.41. The first-order valence-corrected chi connectivity index (χ1v) is 11.3. The second-order valence-corrected chi connectivity index (χ2v) is 8.83. The van der Waals surface area contributed by atoms with Crippen molar-refractivity contribution >= 4 is 38.3 Å². The lowest BCUT2D eigenvalue weighted by Crippen LogP contribution is -2.38. The first-order chi connectivity index (χ1) is 14.3. The summed E-state index contributed by atoms with van der Waals surface area (Å²) in [6, 6.07) is 12.1. The smallest absolute Gasteiger partial charge is 0.260 e. The molecule has 0 bridgehead atoms. The van der Waals surface area contributed by atoms with Gasteiger partial charge in [-0.15, -0.1) is 0 Å². The number of carbonyl (C=O) groups excluding carboxylic acids is 1. The van der Waals surface area contributed by atoms with Crippen LogP contribution in [0.4, 0.5) is 10.8 Å². The number of carbonyl (C=O) groups is 1. The molecule has 0 saturated carbocycles. The molecule has 0 saturated heterocycles. The van der Waals surface area contributed by atoms with Crippen LogP contribution >= 0.6 is 11.3 Å². The van der Waals surface area contributed by atoms with Gasteiger partial charge in [0.2, 0.25) is 0 Å². The van der Waals surface area contributed by atoms with Gasteiger partial charge in [0.25, 0.3) is 5.91 Å². The maximum Gasteiger partial charge on any atom is 0.260 e. The number of amides is 1. The van der Waals surface area contributed by atoms with Gasteiger partial charge in [0.15, 0.2) is 5.13 Å². The molecule has 1 amide bonds. The molecule has 2 aromatic carbocycles. The molecule has 1 aromatic heterocycles. The molecular weight excluding hydrogens is 392 g/mol. The normalized spacial score (nSPS) is 11.3. The Balaban J connectivity index is 1.96. The van der Waals surface area contributed by atoms with Crippen LogP contribution in [-0.4, -0.2) is 56.1 Å². The van der Waals surface area contributed by atoms with Gasteiger partial charge >= 0.3 is 0 Å². The van der Waals surface area contributed by atoms with Crippen LogP contribution in [0.3, 0.4) is 0 Å². The number of hydrogen-bond acceptors (Lipinski definition) is 5. The molecule has 0 N–H and O–H groups in total. The summed E-state index contributed by atoms with van der Waals surface area (Å²) in [4.78, 5) is 24.5. The third kappa shape index (κ3) is 4.82. The van der Waals surface area contributed by atoms with Gasteiger partial charge in [0, 0.05) is 38.4 Å². The highest BCUT2D eigenvalue weighted by Crippen LogP contribution is 2.31. The maximum atomic E-state index is 13.5. The summed E-state index contributed by atoms with van der Waals surface area (Å²) < 4.78 is 1.12. The first kappa shape index (κ1) is 22.2. The summed E-state index contributed by atoms with van der Waals surface area (Å²) in [5.41, 5.74) is 5.19. The molecule has 0 atom stereocenters. The number of likely N-dealkylation sites (N-methyl/N-ethyl adjacent to an activating group) is 1. The quantitative estimate of drug-likeness (QED) is 0.512. The number of thiazole rings is 1. The number of fused-ring (bicyclic) bond motifs is 1. The van der Waals surface area contributed by atoms with Crippen LogP contribution in [-0.2, 0) is 0 Å². The van der Waals surface area contributed by atoms with Crippen molar-refractivity contribution in [2.24, 2.45) is 0 Å². The van der Waals surface area contributed by atoms with E-state index in [0.29, 0.717) is 12.1 Å². The zero-order valence-corrected chi connectivity index (χ0v) is 19.7.